The Morgan fingerprint density at radius 3 is 2.59 bits per heavy atom. The molecular formula is C21H24ClN3O2. The van der Waals surface area contributed by atoms with Gasteiger partial charge in [-0.15, -0.1) is 0 Å². The molecule has 5 nitrogen and oxygen atoms in total. The SMILES string of the molecule is Cc1ccccc1C(=O)NCCC(=O)Nc1cc(Cl)ccc1N1CCCC1. The lowest BCUT2D eigenvalue weighted by Gasteiger charge is -2.22. The number of hydrogen-bond acceptors (Lipinski definition) is 3. The first-order chi connectivity index (χ1) is 13.0. The van der Waals surface area contributed by atoms with Gasteiger partial charge in [-0.05, 0) is 49.6 Å². The van der Waals surface area contributed by atoms with Crippen molar-refractivity contribution in [3.63, 3.8) is 0 Å². The first-order valence-corrected chi connectivity index (χ1v) is 9.60. The van der Waals surface area contributed by atoms with E-state index in [1.54, 1.807) is 12.1 Å². The van der Waals surface area contributed by atoms with E-state index < -0.39 is 0 Å². The molecule has 2 aromatic carbocycles. The van der Waals surface area contributed by atoms with Crippen LogP contribution < -0.4 is 15.5 Å². The monoisotopic (exact) mass is 385 g/mol. The van der Waals surface area contributed by atoms with Crippen molar-refractivity contribution >= 4 is 34.8 Å². The topological polar surface area (TPSA) is 61.4 Å². The molecule has 0 aromatic heterocycles. The Kier molecular flexibility index (Phi) is 6.35. The minimum atomic E-state index is -0.165. The number of aryl methyl sites for hydroxylation is 1. The van der Waals surface area contributed by atoms with Crippen molar-refractivity contribution in [2.75, 3.05) is 29.9 Å². The van der Waals surface area contributed by atoms with Crippen LogP contribution in [0, 0.1) is 6.92 Å². The predicted molar refractivity (Wildman–Crippen MR) is 110 cm³/mol. The van der Waals surface area contributed by atoms with Gasteiger partial charge < -0.3 is 15.5 Å². The molecule has 0 spiro atoms. The minimum absolute atomic E-state index is 0.150. The summed E-state index contributed by atoms with van der Waals surface area (Å²) < 4.78 is 0. The highest BCUT2D eigenvalue weighted by molar-refractivity contribution is 6.31. The highest BCUT2D eigenvalue weighted by atomic mass is 35.5. The van der Waals surface area contributed by atoms with Gasteiger partial charge in [0.05, 0.1) is 11.4 Å². The average molecular weight is 386 g/mol. The number of amides is 2. The van der Waals surface area contributed by atoms with Gasteiger partial charge in [-0.2, -0.15) is 0 Å². The number of halogens is 1. The van der Waals surface area contributed by atoms with Crippen molar-refractivity contribution < 1.29 is 9.59 Å². The maximum atomic E-state index is 12.4. The van der Waals surface area contributed by atoms with Crippen molar-refractivity contribution in [3.8, 4) is 0 Å². The molecule has 0 radical (unpaired) electrons. The molecule has 0 saturated carbocycles. The summed E-state index contributed by atoms with van der Waals surface area (Å²) in [5.41, 5.74) is 3.26. The van der Waals surface area contributed by atoms with Crippen LogP contribution in [0.4, 0.5) is 11.4 Å². The molecule has 1 aliphatic rings. The molecule has 0 bridgehead atoms. The van der Waals surface area contributed by atoms with Crippen LogP contribution in [-0.4, -0.2) is 31.4 Å². The minimum Gasteiger partial charge on any atom is -0.370 e. The van der Waals surface area contributed by atoms with E-state index in [9.17, 15) is 9.59 Å². The van der Waals surface area contributed by atoms with E-state index in [1.807, 2.05) is 37.3 Å². The molecule has 27 heavy (non-hydrogen) atoms. The van der Waals surface area contributed by atoms with Gasteiger partial charge in [-0.1, -0.05) is 29.8 Å². The third-order valence-electron chi connectivity index (χ3n) is 4.71. The van der Waals surface area contributed by atoms with Crippen molar-refractivity contribution in [1.29, 1.82) is 0 Å². The molecule has 0 aliphatic carbocycles. The van der Waals surface area contributed by atoms with Gasteiger partial charge in [-0.25, -0.2) is 0 Å². The van der Waals surface area contributed by atoms with E-state index in [1.165, 1.54) is 0 Å². The Bertz CT molecular complexity index is 832. The molecule has 1 saturated heterocycles. The molecule has 2 amide bonds. The zero-order valence-electron chi connectivity index (χ0n) is 15.4. The number of nitrogens with one attached hydrogen (secondary N) is 2. The first-order valence-electron chi connectivity index (χ1n) is 9.23. The lowest BCUT2D eigenvalue weighted by Crippen LogP contribution is -2.28. The Morgan fingerprint density at radius 1 is 1.11 bits per heavy atom. The predicted octanol–water partition coefficient (Wildman–Crippen LogP) is 4.01. The highest BCUT2D eigenvalue weighted by Crippen LogP contribution is 2.31. The van der Waals surface area contributed by atoms with Crippen molar-refractivity contribution in [1.82, 2.24) is 5.32 Å². The fraction of sp³-hybridized carbons (Fsp3) is 0.333. The van der Waals surface area contributed by atoms with E-state index in [0.29, 0.717) is 10.6 Å². The van der Waals surface area contributed by atoms with Crippen LogP contribution >= 0.6 is 11.6 Å². The van der Waals surface area contributed by atoms with E-state index in [2.05, 4.69) is 15.5 Å². The third kappa shape index (κ3) is 5.01. The van der Waals surface area contributed by atoms with E-state index >= 15 is 0 Å². The number of carbonyl (C=O) groups is 2. The van der Waals surface area contributed by atoms with Gasteiger partial charge in [0.1, 0.15) is 0 Å². The average Bonchev–Trinajstić information content (AvgIpc) is 3.16. The molecule has 0 unspecified atom stereocenters. The Labute approximate surface area is 164 Å². The van der Waals surface area contributed by atoms with Crippen molar-refractivity contribution in [3.05, 3.63) is 58.6 Å². The summed E-state index contributed by atoms with van der Waals surface area (Å²) >= 11 is 6.11. The first kappa shape index (κ1) is 19.2. The summed E-state index contributed by atoms with van der Waals surface area (Å²) in [4.78, 5) is 26.8. The summed E-state index contributed by atoms with van der Waals surface area (Å²) in [6.45, 7) is 4.13. The molecule has 1 fully saturated rings. The number of benzene rings is 2. The molecule has 6 heteroatoms. The number of nitrogens with zero attached hydrogens (tertiary/aromatic N) is 1. The molecule has 0 atom stereocenters. The second-order valence-corrected chi connectivity index (χ2v) is 7.16. The Hall–Kier alpha value is -2.53. The summed E-state index contributed by atoms with van der Waals surface area (Å²) in [6.07, 6.45) is 2.51. The van der Waals surface area contributed by atoms with Crippen LogP contribution in [0.2, 0.25) is 5.02 Å². The van der Waals surface area contributed by atoms with Crippen LogP contribution in [-0.2, 0) is 4.79 Å². The number of rotatable bonds is 6. The largest absolute Gasteiger partial charge is 0.370 e. The summed E-state index contributed by atoms with van der Waals surface area (Å²) in [5.74, 6) is -0.316. The lowest BCUT2D eigenvalue weighted by molar-refractivity contribution is -0.116. The van der Waals surface area contributed by atoms with Crippen LogP contribution in [0.1, 0.15) is 35.2 Å². The second kappa shape index (κ2) is 8.91. The summed E-state index contributed by atoms with van der Waals surface area (Å²) in [5, 5.41) is 6.32. The van der Waals surface area contributed by atoms with Gasteiger partial charge in [0.2, 0.25) is 5.91 Å². The second-order valence-electron chi connectivity index (χ2n) is 6.72. The van der Waals surface area contributed by atoms with Crippen LogP contribution in [0.5, 0.6) is 0 Å². The Balaban J connectivity index is 1.56. The zero-order chi connectivity index (χ0) is 19.2. The van der Waals surface area contributed by atoms with Gasteiger partial charge in [0, 0.05) is 36.6 Å². The number of hydrogen-bond donors (Lipinski definition) is 2. The van der Waals surface area contributed by atoms with Crippen LogP contribution in [0.15, 0.2) is 42.5 Å². The molecule has 2 aromatic rings. The van der Waals surface area contributed by atoms with Gasteiger partial charge in [0.15, 0.2) is 0 Å². The number of carbonyl (C=O) groups excluding carboxylic acids is 2. The quantitative estimate of drug-likeness (QED) is 0.789. The van der Waals surface area contributed by atoms with E-state index in [4.69, 9.17) is 11.6 Å². The zero-order valence-corrected chi connectivity index (χ0v) is 16.2. The molecule has 2 N–H and O–H groups in total. The highest BCUT2D eigenvalue weighted by Gasteiger charge is 2.17. The van der Waals surface area contributed by atoms with Gasteiger partial charge in [0.25, 0.3) is 5.91 Å². The Morgan fingerprint density at radius 2 is 1.85 bits per heavy atom. The maximum Gasteiger partial charge on any atom is 0.251 e. The summed E-state index contributed by atoms with van der Waals surface area (Å²) in [7, 11) is 0. The normalized spacial score (nSPS) is 13.5. The number of anilines is 2. The van der Waals surface area contributed by atoms with Gasteiger partial charge in [-0.3, -0.25) is 9.59 Å². The van der Waals surface area contributed by atoms with Gasteiger partial charge >= 0.3 is 0 Å². The third-order valence-corrected chi connectivity index (χ3v) is 4.94. The standard InChI is InChI=1S/C21H24ClN3O2/c1-15-6-2-3-7-17(15)21(27)23-11-10-20(26)24-18-14-16(22)8-9-19(18)25-12-4-5-13-25/h2-3,6-9,14H,4-5,10-13H2,1H3,(H,23,27)(H,24,26). The molecular weight excluding hydrogens is 362 g/mol. The molecule has 142 valence electrons. The van der Waals surface area contributed by atoms with E-state index in [0.717, 1.165) is 42.9 Å². The molecule has 3 rings (SSSR count). The fourth-order valence-corrected chi connectivity index (χ4v) is 3.44. The maximum absolute atomic E-state index is 12.4. The molecule has 1 heterocycles. The fourth-order valence-electron chi connectivity index (χ4n) is 3.27. The van der Waals surface area contributed by atoms with Crippen LogP contribution in [0.3, 0.4) is 0 Å². The lowest BCUT2D eigenvalue weighted by atomic mass is 10.1. The van der Waals surface area contributed by atoms with Crippen LogP contribution in [0.25, 0.3) is 0 Å². The summed E-state index contributed by atoms with van der Waals surface area (Å²) in [6, 6.07) is 12.9. The smallest absolute Gasteiger partial charge is 0.251 e. The van der Waals surface area contributed by atoms with E-state index in [-0.39, 0.29) is 24.8 Å². The van der Waals surface area contributed by atoms with Crippen molar-refractivity contribution in [2.24, 2.45) is 0 Å². The molecule has 1 aliphatic heterocycles. The van der Waals surface area contributed by atoms with Crippen molar-refractivity contribution in [2.45, 2.75) is 26.2 Å².